The molecular formula is C21H29Cl2NO7PS2+. The van der Waals surface area contributed by atoms with E-state index in [0.29, 0.717) is 54.2 Å². The average Bonchev–Trinajstić information content (AvgIpc) is 3.31. The molecule has 1 unspecified atom stereocenters. The second-order valence-electron chi connectivity index (χ2n) is 7.20. The number of benzene rings is 1. The zero-order valence-corrected chi connectivity index (χ0v) is 23.0. The van der Waals surface area contributed by atoms with Gasteiger partial charge in [0.1, 0.15) is 4.21 Å². The fraction of sp³-hybridized carbons (Fsp3) is 0.524. The van der Waals surface area contributed by atoms with Crippen LogP contribution in [0.4, 0.5) is 0 Å². The Hall–Kier alpha value is -0.970. The molecule has 0 bridgehead atoms. The van der Waals surface area contributed by atoms with Crippen molar-refractivity contribution >= 4 is 52.8 Å². The van der Waals surface area contributed by atoms with Crippen LogP contribution < -0.4 is 14.2 Å². The highest BCUT2D eigenvalue weighted by atomic mass is 35.5. The Balaban J connectivity index is 2.31. The number of hydrogen-bond donors (Lipinski definition) is 2. The summed E-state index contributed by atoms with van der Waals surface area (Å²) >= 11 is 12.5. The highest BCUT2D eigenvalue weighted by Crippen LogP contribution is 2.38. The van der Waals surface area contributed by atoms with E-state index in [0.717, 1.165) is 16.9 Å². The van der Waals surface area contributed by atoms with Gasteiger partial charge >= 0.3 is 8.25 Å². The standard InChI is InChI=1S/C21H28Cl2NO7PS2/c1-3-21(4-2,31-32(25)26)24-34(27,28)20-10-9-19(33-20)16-7-8-17(29-13-5-11-22)18(15-16)30-14-6-12-23/h7-10,15,24H,3-6,11-14H2,1-2H3/p+1. The molecule has 34 heavy (non-hydrogen) atoms. The zero-order chi connectivity index (χ0) is 25.2. The summed E-state index contributed by atoms with van der Waals surface area (Å²) in [5.41, 5.74) is -0.722. The number of hydrogen-bond acceptors (Lipinski definition) is 7. The van der Waals surface area contributed by atoms with E-state index < -0.39 is 24.0 Å². The van der Waals surface area contributed by atoms with Crippen LogP contribution in [0.2, 0.25) is 0 Å². The molecule has 0 fully saturated rings. The lowest BCUT2D eigenvalue weighted by molar-refractivity contribution is 0.0455. The summed E-state index contributed by atoms with van der Waals surface area (Å²) in [4.78, 5) is 9.88. The molecule has 0 aliphatic heterocycles. The Morgan fingerprint density at radius 1 is 1.03 bits per heavy atom. The van der Waals surface area contributed by atoms with Gasteiger partial charge in [-0.3, -0.25) is 0 Å². The predicted octanol–water partition coefficient (Wildman–Crippen LogP) is 5.89. The van der Waals surface area contributed by atoms with E-state index in [1.807, 2.05) is 6.07 Å². The van der Waals surface area contributed by atoms with Crippen LogP contribution in [-0.4, -0.2) is 44.0 Å². The summed E-state index contributed by atoms with van der Waals surface area (Å²) in [6.07, 6.45) is 1.71. The van der Waals surface area contributed by atoms with Crippen molar-refractivity contribution in [2.45, 2.75) is 49.5 Å². The molecule has 0 saturated carbocycles. The van der Waals surface area contributed by atoms with E-state index in [1.165, 1.54) is 6.07 Å². The van der Waals surface area contributed by atoms with Crippen molar-refractivity contribution in [3.05, 3.63) is 30.3 Å². The summed E-state index contributed by atoms with van der Waals surface area (Å²) in [5, 5.41) is 0. The molecule has 0 spiro atoms. The van der Waals surface area contributed by atoms with Gasteiger partial charge in [0.25, 0.3) is 10.0 Å². The lowest BCUT2D eigenvalue weighted by atomic mass is 10.1. The number of sulfonamides is 1. The summed E-state index contributed by atoms with van der Waals surface area (Å²) in [6, 6.07) is 8.56. The van der Waals surface area contributed by atoms with Crippen molar-refractivity contribution in [2.24, 2.45) is 0 Å². The minimum atomic E-state index is -4.00. The normalized spacial score (nSPS) is 12.6. The van der Waals surface area contributed by atoms with Crippen molar-refractivity contribution in [3.8, 4) is 21.9 Å². The first-order chi connectivity index (χ1) is 16.2. The summed E-state index contributed by atoms with van der Waals surface area (Å²) in [5.74, 6) is 2.05. The van der Waals surface area contributed by atoms with Gasteiger partial charge in [0.05, 0.1) is 13.2 Å². The van der Waals surface area contributed by atoms with Gasteiger partial charge in [-0.05, 0) is 61.6 Å². The van der Waals surface area contributed by atoms with Crippen molar-refractivity contribution < 1.29 is 31.9 Å². The van der Waals surface area contributed by atoms with Gasteiger partial charge < -0.3 is 9.47 Å². The molecule has 1 aromatic heterocycles. The molecule has 8 nitrogen and oxygen atoms in total. The zero-order valence-electron chi connectivity index (χ0n) is 19.0. The van der Waals surface area contributed by atoms with E-state index in [4.69, 9.17) is 37.2 Å². The number of ether oxygens (including phenoxy) is 2. The fourth-order valence-corrected chi connectivity index (χ4v) is 6.59. The van der Waals surface area contributed by atoms with Crippen LogP contribution in [0.3, 0.4) is 0 Å². The quantitative estimate of drug-likeness (QED) is 0.112. The SMILES string of the molecule is CCC(CC)(NS(=O)(=O)c1ccc(-c2ccc(OCCCCl)c(OCCCCl)c2)s1)O[P+](=O)O. The highest BCUT2D eigenvalue weighted by Gasteiger charge is 2.41. The minimum absolute atomic E-state index is 0.0533. The molecule has 1 aromatic carbocycles. The Labute approximate surface area is 215 Å². The molecule has 1 heterocycles. The molecule has 190 valence electrons. The van der Waals surface area contributed by atoms with Crippen LogP contribution >= 0.6 is 42.8 Å². The fourth-order valence-electron chi connectivity index (χ4n) is 2.97. The first kappa shape index (κ1) is 29.3. The smallest absolute Gasteiger partial charge is 0.490 e. The molecule has 0 radical (unpaired) electrons. The van der Waals surface area contributed by atoms with Crippen molar-refractivity contribution in [1.82, 2.24) is 4.72 Å². The average molecular weight is 573 g/mol. The summed E-state index contributed by atoms with van der Waals surface area (Å²) < 4.78 is 56.4. The van der Waals surface area contributed by atoms with Crippen LogP contribution in [0.1, 0.15) is 39.5 Å². The molecule has 0 amide bonds. The lowest BCUT2D eigenvalue weighted by Gasteiger charge is -2.25. The highest BCUT2D eigenvalue weighted by molar-refractivity contribution is 7.91. The number of nitrogens with one attached hydrogen (secondary N) is 1. The third kappa shape index (κ3) is 8.31. The Morgan fingerprint density at radius 3 is 2.21 bits per heavy atom. The van der Waals surface area contributed by atoms with E-state index in [9.17, 15) is 17.9 Å². The van der Waals surface area contributed by atoms with Crippen LogP contribution in [0, 0.1) is 0 Å². The van der Waals surface area contributed by atoms with E-state index in [1.54, 1.807) is 32.0 Å². The molecule has 2 aromatic rings. The lowest BCUT2D eigenvalue weighted by Crippen LogP contribution is -2.48. The van der Waals surface area contributed by atoms with Gasteiger partial charge in [0.2, 0.25) is 0 Å². The first-order valence-electron chi connectivity index (χ1n) is 10.7. The molecule has 1 atom stereocenters. The molecule has 0 aliphatic carbocycles. The van der Waals surface area contributed by atoms with Crippen LogP contribution in [-0.2, 0) is 19.1 Å². The van der Waals surface area contributed by atoms with Crippen molar-refractivity contribution in [1.29, 1.82) is 0 Å². The number of halogens is 2. The van der Waals surface area contributed by atoms with E-state index in [2.05, 4.69) is 4.72 Å². The van der Waals surface area contributed by atoms with Gasteiger partial charge in [0, 0.05) is 21.2 Å². The third-order valence-corrected chi connectivity index (χ3v) is 9.04. The van der Waals surface area contributed by atoms with Crippen molar-refractivity contribution in [3.63, 3.8) is 0 Å². The first-order valence-corrected chi connectivity index (χ1v) is 15.2. The Kier molecular flexibility index (Phi) is 12.0. The molecule has 0 saturated heterocycles. The number of alkyl halides is 2. The van der Waals surface area contributed by atoms with Crippen LogP contribution in [0.5, 0.6) is 11.5 Å². The maximum atomic E-state index is 13.0. The van der Waals surface area contributed by atoms with Gasteiger partial charge in [-0.2, -0.15) is 4.72 Å². The Bertz CT molecular complexity index is 1050. The predicted molar refractivity (Wildman–Crippen MR) is 136 cm³/mol. The third-order valence-electron chi connectivity index (χ3n) is 4.86. The van der Waals surface area contributed by atoms with Crippen LogP contribution in [0.15, 0.2) is 34.5 Å². The summed E-state index contributed by atoms with van der Waals surface area (Å²) in [7, 11) is -6.99. The monoisotopic (exact) mass is 572 g/mol. The largest absolute Gasteiger partial charge is 0.696 e. The van der Waals surface area contributed by atoms with Gasteiger partial charge in [-0.1, -0.05) is 18.4 Å². The maximum Gasteiger partial charge on any atom is 0.696 e. The topological polar surface area (TPSA) is 111 Å². The minimum Gasteiger partial charge on any atom is -0.490 e. The molecular weight excluding hydrogens is 544 g/mol. The number of thiophene rings is 1. The van der Waals surface area contributed by atoms with Gasteiger partial charge in [0.15, 0.2) is 17.2 Å². The molecule has 13 heteroatoms. The molecule has 0 aliphatic rings. The van der Waals surface area contributed by atoms with Gasteiger partial charge in [-0.25, -0.2) is 8.42 Å². The van der Waals surface area contributed by atoms with Crippen molar-refractivity contribution in [2.75, 3.05) is 25.0 Å². The van der Waals surface area contributed by atoms with Crippen LogP contribution in [0.25, 0.3) is 10.4 Å². The maximum absolute atomic E-state index is 13.0. The second-order valence-corrected chi connectivity index (χ2v) is 11.6. The van der Waals surface area contributed by atoms with E-state index >= 15 is 0 Å². The van der Waals surface area contributed by atoms with Gasteiger partial charge in [-0.15, -0.1) is 39.4 Å². The second kappa shape index (κ2) is 13.9. The molecule has 2 rings (SSSR count). The Morgan fingerprint density at radius 2 is 1.65 bits per heavy atom. The van der Waals surface area contributed by atoms with E-state index in [-0.39, 0.29) is 17.1 Å². The number of rotatable bonds is 16. The summed E-state index contributed by atoms with van der Waals surface area (Å²) in [6.45, 7) is 4.20. The molecule has 2 N–H and O–H groups in total.